The highest BCUT2D eigenvalue weighted by Crippen LogP contribution is 2.27. The summed E-state index contributed by atoms with van der Waals surface area (Å²) in [4.78, 5) is 26.7. The lowest BCUT2D eigenvalue weighted by Gasteiger charge is -2.14. The van der Waals surface area contributed by atoms with Crippen molar-refractivity contribution in [3.8, 4) is 0 Å². The van der Waals surface area contributed by atoms with Gasteiger partial charge in [0.15, 0.2) is 5.78 Å². The Morgan fingerprint density at radius 1 is 1.16 bits per heavy atom. The average molecular weight is 259 g/mol. The molecule has 4 nitrogen and oxygen atoms in total. The van der Waals surface area contributed by atoms with Gasteiger partial charge in [-0.15, -0.1) is 0 Å². The minimum atomic E-state index is -0.946. The highest BCUT2D eigenvalue weighted by atomic mass is 16.4. The van der Waals surface area contributed by atoms with Crippen LogP contribution in [-0.4, -0.2) is 21.8 Å². The Labute approximate surface area is 111 Å². The second-order valence-corrected chi connectivity index (χ2v) is 4.95. The molecule has 0 aliphatic rings. The number of fused-ring (bicyclic) bond motifs is 1. The number of carbonyl (C=O) groups excluding carboxylic acids is 1. The fourth-order valence-corrected chi connectivity index (χ4v) is 2.26. The quantitative estimate of drug-likeness (QED) is 0.829. The van der Waals surface area contributed by atoms with Gasteiger partial charge in [-0.1, -0.05) is 32.0 Å². The number of H-pyrrole nitrogens is 1. The second-order valence-electron chi connectivity index (χ2n) is 4.95. The zero-order valence-electron chi connectivity index (χ0n) is 11.2. The average Bonchev–Trinajstić information content (AvgIpc) is 2.71. The number of aryl methyl sites for hydroxylation is 1. The first-order chi connectivity index (χ1) is 8.93. The molecule has 0 saturated heterocycles. The van der Waals surface area contributed by atoms with Crippen molar-refractivity contribution in [2.45, 2.75) is 20.8 Å². The molecule has 19 heavy (non-hydrogen) atoms. The summed E-state index contributed by atoms with van der Waals surface area (Å²) in [6.07, 6.45) is 0. The fourth-order valence-electron chi connectivity index (χ4n) is 2.26. The molecule has 100 valence electrons. The number of rotatable bonds is 4. The standard InChI is InChI=1S/C15H17NO3/c1-8(9(2)15(18)19)14(17)13-10(3)16-12-7-5-4-6-11(12)13/h4-9,16H,1-3H3,(H,18,19). The van der Waals surface area contributed by atoms with Gasteiger partial charge < -0.3 is 10.1 Å². The molecule has 1 aromatic heterocycles. The minimum absolute atomic E-state index is 0.121. The molecule has 0 radical (unpaired) electrons. The Bertz CT molecular complexity index is 642. The van der Waals surface area contributed by atoms with Crippen LogP contribution in [0.4, 0.5) is 0 Å². The van der Waals surface area contributed by atoms with E-state index in [2.05, 4.69) is 4.98 Å². The molecule has 0 aliphatic carbocycles. The molecule has 0 aliphatic heterocycles. The van der Waals surface area contributed by atoms with Crippen molar-refractivity contribution >= 4 is 22.7 Å². The van der Waals surface area contributed by atoms with Crippen LogP contribution in [0.1, 0.15) is 29.9 Å². The number of ketones is 1. The summed E-state index contributed by atoms with van der Waals surface area (Å²) in [6.45, 7) is 5.07. The van der Waals surface area contributed by atoms with Gasteiger partial charge in [0.2, 0.25) is 0 Å². The first-order valence-electron chi connectivity index (χ1n) is 6.27. The van der Waals surface area contributed by atoms with Crippen LogP contribution >= 0.6 is 0 Å². The Hall–Kier alpha value is -2.10. The van der Waals surface area contributed by atoms with E-state index in [1.807, 2.05) is 31.2 Å². The third-order valence-corrected chi connectivity index (χ3v) is 3.69. The molecule has 2 rings (SSSR count). The number of carbonyl (C=O) groups is 2. The first-order valence-corrected chi connectivity index (χ1v) is 6.27. The van der Waals surface area contributed by atoms with Gasteiger partial charge in [-0.2, -0.15) is 0 Å². The Kier molecular flexibility index (Phi) is 3.42. The molecule has 0 bridgehead atoms. The topological polar surface area (TPSA) is 70.2 Å². The van der Waals surface area contributed by atoms with Crippen LogP contribution in [0.25, 0.3) is 10.9 Å². The molecule has 0 spiro atoms. The van der Waals surface area contributed by atoms with E-state index < -0.39 is 17.8 Å². The summed E-state index contributed by atoms with van der Waals surface area (Å²) in [5, 5.41) is 9.88. The van der Waals surface area contributed by atoms with Crippen LogP contribution in [0.5, 0.6) is 0 Å². The lowest BCUT2D eigenvalue weighted by molar-refractivity contribution is -0.142. The van der Waals surface area contributed by atoms with Crippen molar-refractivity contribution in [3.05, 3.63) is 35.5 Å². The van der Waals surface area contributed by atoms with Gasteiger partial charge in [-0.3, -0.25) is 9.59 Å². The van der Waals surface area contributed by atoms with Crippen molar-refractivity contribution in [2.24, 2.45) is 11.8 Å². The van der Waals surface area contributed by atoms with Gasteiger partial charge in [0, 0.05) is 28.1 Å². The summed E-state index contributed by atoms with van der Waals surface area (Å²) >= 11 is 0. The van der Waals surface area contributed by atoms with Crippen LogP contribution in [-0.2, 0) is 4.79 Å². The van der Waals surface area contributed by atoms with Crippen LogP contribution in [0.2, 0.25) is 0 Å². The van der Waals surface area contributed by atoms with Crippen molar-refractivity contribution in [1.29, 1.82) is 0 Å². The molecule has 4 heteroatoms. The number of carboxylic acids is 1. The Balaban J connectivity index is 2.47. The molecular weight excluding hydrogens is 242 g/mol. The van der Waals surface area contributed by atoms with Gasteiger partial charge in [-0.25, -0.2) is 0 Å². The third kappa shape index (κ3) is 2.26. The third-order valence-electron chi connectivity index (χ3n) is 3.69. The van der Waals surface area contributed by atoms with E-state index in [4.69, 9.17) is 5.11 Å². The highest BCUT2D eigenvalue weighted by Gasteiger charge is 2.29. The maximum atomic E-state index is 12.5. The van der Waals surface area contributed by atoms with Gasteiger partial charge in [0.1, 0.15) is 0 Å². The number of nitrogens with one attached hydrogen (secondary N) is 1. The molecule has 2 atom stereocenters. The molecule has 2 N–H and O–H groups in total. The van der Waals surface area contributed by atoms with E-state index in [9.17, 15) is 9.59 Å². The number of Topliss-reactive ketones (excluding diaryl/α,β-unsaturated/α-hetero) is 1. The van der Waals surface area contributed by atoms with Gasteiger partial charge >= 0.3 is 5.97 Å². The number of aromatic nitrogens is 1. The Morgan fingerprint density at radius 2 is 1.79 bits per heavy atom. The summed E-state index contributed by atoms with van der Waals surface area (Å²) in [5.74, 6) is -2.31. The summed E-state index contributed by atoms with van der Waals surface area (Å²) in [7, 11) is 0. The van der Waals surface area contributed by atoms with E-state index in [0.29, 0.717) is 5.56 Å². The van der Waals surface area contributed by atoms with E-state index in [-0.39, 0.29) is 5.78 Å². The van der Waals surface area contributed by atoms with Crippen molar-refractivity contribution in [2.75, 3.05) is 0 Å². The largest absolute Gasteiger partial charge is 0.481 e. The number of hydrogen-bond donors (Lipinski definition) is 2. The molecule has 2 unspecified atom stereocenters. The maximum Gasteiger partial charge on any atom is 0.306 e. The fraction of sp³-hybridized carbons (Fsp3) is 0.333. The van der Waals surface area contributed by atoms with E-state index >= 15 is 0 Å². The van der Waals surface area contributed by atoms with E-state index in [0.717, 1.165) is 16.6 Å². The normalized spacial score (nSPS) is 14.3. The number of hydrogen-bond acceptors (Lipinski definition) is 2. The zero-order chi connectivity index (χ0) is 14.2. The number of benzene rings is 1. The monoisotopic (exact) mass is 259 g/mol. The first kappa shape index (κ1) is 13.3. The summed E-state index contributed by atoms with van der Waals surface area (Å²) in [5.41, 5.74) is 2.30. The molecule has 0 fully saturated rings. The molecule has 0 amide bonds. The molecule has 0 saturated carbocycles. The number of para-hydroxylation sites is 1. The van der Waals surface area contributed by atoms with Gasteiger partial charge in [-0.05, 0) is 13.0 Å². The lowest BCUT2D eigenvalue weighted by atomic mass is 9.87. The maximum absolute atomic E-state index is 12.5. The SMILES string of the molecule is Cc1[nH]c2ccccc2c1C(=O)C(C)C(C)C(=O)O. The van der Waals surface area contributed by atoms with E-state index in [1.54, 1.807) is 13.8 Å². The smallest absolute Gasteiger partial charge is 0.306 e. The van der Waals surface area contributed by atoms with Crippen LogP contribution in [0, 0.1) is 18.8 Å². The van der Waals surface area contributed by atoms with Crippen molar-refractivity contribution < 1.29 is 14.7 Å². The summed E-state index contributed by atoms with van der Waals surface area (Å²) < 4.78 is 0. The molecule has 1 heterocycles. The number of carboxylic acid groups (broad SMARTS) is 1. The van der Waals surface area contributed by atoms with Crippen LogP contribution in [0.3, 0.4) is 0 Å². The number of aromatic amines is 1. The lowest BCUT2D eigenvalue weighted by Crippen LogP contribution is -2.25. The predicted octanol–water partition coefficient (Wildman–Crippen LogP) is 3.02. The highest BCUT2D eigenvalue weighted by molar-refractivity contribution is 6.10. The van der Waals surface area contributed by atoms with Crippen LogP contribution < -0.4 is 0 Å². The zero-order valence-corrected chi connectivity index (χ0v) is 11.2. The molecule has 2 aromatic rings. The summed E-state index contributed by atoms with van der Waals surface area (Å²) in [6, 6.07) is 7.56. The molecule has 1 aromatic carbocycles. The number of aliphatic carboxylic acids is 1. The second kappa shape index (κ2) is 4.88. The Morgan fingerprint density at radius 3 is 2.42 bits per heavy atom. The van der Waals surface area contributed by atoms with E-state index in [1.165, 1.54) is 0 Å². The minimum Gasteiger partial charge on any atom is -0.481 e. The van der Waals surface area contributed by atoms with Crippen LogP contribution in [0.15, 0.2) is 24.3 Å². The van der Waals surface area contributed by atoms with Gasteiger partial charge in [0.05, 0.1) is 5.92 Å². The van der Waals surface area contributed by atoms with Gasteiger partial charge in [0.25, 0.3) is 0 Å². The van der Waals surface area contributed by atoms with Crippen molar-refractivity contribution in [3.63, 3.8) is 0 Å². The van der Waals surface area contributed by atoms with Crippen molar-refractivity contribution in [1.82, 2.24) is 4.98 Å². The molecular formula is C15H17NO3. The predicted molar refractivity (Wildman–Crippen MR) is 73.3 cm³/mol.